The van der Waals surface area contributed by atoms with Gasteiger partial charge in [0, 0.05) is 24.4 Å². The van der Waals surface area contributed by atoms with E-state index in [9.17, 15) is 4.79 Å². The van der Waals surface area contributed by atoms with Crippen molar-refractivity contribution < 1.29 is 14.3 Å². The Hall–Kier alpha value is -2.60. The number of primary amides is 1. The summed E-state index contributed by atoms with van der Waals surface area (Å²) in [6, 6.07) is 8.94. The number of carbonyl (C=O) groups excluding carboxylic acids is 1. The number of ether oxygens (including phenoxy) is 2. The maximum absolute atomic E-state index is 11.1. The molecule has 0 spiro atoms. The summed E-state index contributed by atoms with van der Waals surface area (Å²) < 4.78 is 11.2. The molecule has 0 radical (unpaired) electrons. The van der Waals surface area contributed by atoms with Crippen LogP contribution < -0.4 is 15.2 Å². The predicted octanol–water partition coefficient (Wildman–Crippen LogP) is 2.58. The third kappa shape index (κ3) is 3.83. The number of pyridine rings is 1. The first kappa shape index (κ1) is 16.3. The first-order valence-electron chi connectivity index (χ1n) is 7.98. The lowest BCUT2D eigenvalue weighted by Crippen LogP contribution is -2.18. The van der Waals surface area contributed by atoms with E-state index in [-0.39, 0.29) is 0 Å². The highest BCUT2D eigenvalue weighted by Crippen LogP contribution is 2.28. The third-order valence-corrected chi connectivity index (χ3v) is 4.09. The highest BCUT2D eigenvalue weighted by Gasteiger charge is 2.15. The quantitative estimate of drug-likeness (QED) is 0.882. The molecule has 0 aliphatic carbocycles. The number of hydrogen-bond donors (Lipinski definition) is 1. The minimum absolute atomic E-state index is 0.354. The number of rotatable bonds is 6. The van der Waals surface area contributed by atoms with Crippen LogP contribution in [0.5, 0.6) is 17.4 Å². The van der Waals surface area contributed by atoms with Gasteiger partial charge in [-0.25, -0.2) is 4.98 Å². The van der Waals surface area contributed by atoms with Gasteiger partial charge in [0.15, 0.2) is 0 Å². The van der Waals surface area contributed by atoms with Crippen LogP contribution in [0.3, 0.4) is 0 Å². The van der Waals surface area contributed by atoms with Crippen LogP contribution in [0.25, 0.3) is 0 Å². The standard InChI is InChI=1S/C18H21N3O3/c1-23-16-6-5-15(10-14(16)12-21-8-2-3-9-21)24-17-7-4-13(11-20-17)18(19)22/h4-7,10-11H,2-3,8-9,12H2,1H3,(H2,19,22). The van der Waals surface area contributed by atoms with Crippen molar-refractivity contribution in [2.45, 2.75) is 19.4 Å². The van der Waals surface area contributed by atoms with Gasteiger partial charge in [-0.15, -0.1) is 0 Å². The summed E-state index contributed by atoms with van der Waals surface area (Å²) in [5, 5.41) is 0. The highest BCUT2D eigenvalue weighted by atomic mass is 16.5. The molecule has 3 rings (SSSR count). The molecule has 1 aromatic carbocycles. The van der Waals surface area contributed by atoms with E-state index >= 15 is 0 Å². The van der Waals surface area contributed by atoms with Gasteiger partial charge in [-0.1, -0.05) is 0 Å². The second kappa shape index (κ2) is 7.31. The Morgan fingerprint density at radius 1 is 1.25 bits per heavy atom. The molecule has 2 aromatic rings. The van der Waals surface area contributed by atoms with Crippen LogP contribution in [0.4, 0.5) is 0 Å². The van der Waals surface area contributed by atoms with E-state index in [4.69, 9.17) is 15.2 Å². The monoisotopic (exact) mass is 327 g/mol. The molecular weight excluding hydrogens is 306 g/mol. The van der Waals surface area contributed by atoms with Crippen molar-refractivity contribution in [2.24, 2.45) is 5.73 Å². The maximum Gasteiger partial charge on any atom is 0.250 e. The molecule has 0 atom stereocenters. The van der Waals surface area contributed by atoms with Crippen molar-refractivity contribution in [3.63, 3.8) is 0 Å². The second-order valence-corrected chi connectivity index (χ2v) is 5.81. The number of aromatic nitrogens is 1. The summed E-state index contributed by atoms with van der Waals surface area (Å²) in [6.07, 6.45) is 3.90. The number of methoxy groups -OCH3 is 1. The molecule has 1 amide bonds. The largest absolute Gasteiger partial charge is 0.496 e. The highest BCUT2D eigenvalue weighted by molar-refractivity contribution is 5.92. The van der Waals surface area contributed by atoms with Crippen LogP contribution in [0.2, 0.25) is 0 Å². The van der Waals surface area contributed by atoms with Crippen molar-refractivity contribution in [3.05, 3.63) is 47.7 Å². The van der Waals surface area contributed by atoms with Crippen LogP contribution >= 0.6 is 0 Å². The van der Waals surface area contributed by atoms with Crippen LogP contribution in [0.15, 0.2) is 36.5 Å². The Morgan fingerprint density at radius 2 is 2.04 bits per heavy atom. The predicted molar refractivity (Wildman–Crippen MR) is 90.3 cm³/mol. The molecule has 0 saturated carbocycles. The molecule has 6 nitrogen and oxygen atoms in total. The van der Waals surface area contributed by atoms with Gasteiger partial charge in [0.05, 0.1) is 12.7 Å². The second-order valence-electron chi connectivity index (χ2n) is 5.81. The van der Waals surface area contributed by atoms with E-state index in [1.165, 1.54) is 19.0 Å². The number of amides is 1. The van der Waals surface area contributed by atoms with Crippen molar-refractivity contribution in [3.8, 4) is 17.4 Å². The van der Waals surface area contributed by atoms with Crippen LogP contribution in [0.1, 0.15) is 28.8 Å². The van der Waals surface area contributed by atoms with Gasteiger partial charge in [-0.3, -0.25) is 9.69 Å². The van der Waals surface area contributed by atoms with Crippen molar-refractivity contribution in [1.82, 2.24) is 9.88 Å². The average molecular weight is 327 g/mol. The Kier molecular flexibility index (Phi) is 4.96. The van der Waals surface area contributed by atoms with Gasteiger partial charge in [0.25, 0.3) is 0 Å². The van der Waals surface area contributed by atoms with Crippen molar-refractivity contribution in [2.75, 3.05) is 20.2 Å². The number of hydrogen-bond acceptors (Lipinski definition) is 5. The first-order chi connectivity index (χ1) is 11.7. The van der Waals surface area contributed by atoms with Gasteiger partial charge in [0.2, 0.25) is 11.8 Å². The zero-order chi connectivity index (χ0) is 16.9. The number of carbonyl (C=O) groups is 1. The fraction of sp³-hybridized carbons (Fsp3) is 0.333. The smallest absolute Gasteiger partial charge is 0.250 e. The van der Waals surface area contributed by atoms with E-state index in [1.807, 2.05) is 18.2 Å². The molecule has 1 fully saturated rings. The summed E-state index contributed by atoms with van der Waals surface area (Å²) in [5.74, 6) is 1.44. The van der Waals surface area contributed by atoms with Gasteiger partial charge >= 0.3 is 0 Å². The molecule has 6 heteroatoms. The summed E-state index contributed by atoms with van der Waals surface area (Å²) in [6.45, 7) is 3.07. The zero-order valence-corrected chi connectivity index (χ0v) is 13.7. The molecular formula is C18H21N3O3. The summed E-state index contributed by atoms with van der Waals surface area (Å²) in [5.41, 5.74) is 6.65. The SMILES string of the molecule is COc1ccc(Oc2ccc(C(N)=O)cn2)cc1CN1CCCC1. The lowest BCUT2D eigenvalue weighted by atomic mass is 10.1. The fourth-order valence-electron chi connectivity index (χ4n) is 2.83. The van der Waals surface area contributed by atoms with Gasteiger partial charge < -0.3 is 15.2 Å². The van der Waals surface area contributed by atoms with Crippen LogP contribution in [0, 0.1) is 0 Å². The molecule has 2 N–H and O–H groups in total. The maximum atomic E-state index is 11.1. The van der Waals surface area contributed by atoms with Gasteiger partial charge in [0.1, 0.15) is 11.5 Å². The van der Waals surface area contributed by atoms with E-state index < -0.39 is 5.91 Å². The molecule has 24 heavy (non-hydrogen) atoms. The lowest BCUT2D eigenvalue weighted by Gasteiger charge is -2.17. The number of nitrogens with zero attached hydrogens (tertiary/aromatic N) is 2. The molecule has 0 bridgehead atoms. The molecule has 1 aliphatic rings. The van der Waals surface area contributed by atoms with E-state index in [0.29, 0.717) is 17.2 Å². The third-order valence-electron chi connectivity index (χ3n) is 4.09. The Balaban J connectivity index is 1.76. The van der Waals surface area contributed by atoms with Gasteiger partial charge in [-0.2, -0.15) is 0 Å². The Morgan fingerprint density at radius 3 is 2.67 bits per heavy atom. The normalized spacial score (nSPS) is 14.5. The molecule has 126 valence electrons. The minimum Gasteiger partial charge on any atom is -0.496 e. The zero-order valence-electron chi connectivity index (χ0n) is 13.7. The molecule has 2 heterocycles. The first-order valence-corrected chi connectivity index (χ1v) is 7.98. The number of likely N-dealkylation sites (tertiary alicyclic amines) is 1. The molecule has 1 aromatic heterocycles. The molecule has 1 saturated heterocycles. The fourth-order valence-corrected chi connectivity index (χ4v) is 2.83. The topological polar surface area (TPSA) is 77.7 Å². The lowest BCUT2D eigenvalue weighted by molar-refractivity contribution is 0.1000. The molecule has 1 aliphatic heterocycles. The van der Waals surface area contributed by atoms with E-state index in [1.54, 1.807) is 19.2 Å². The average Bonchev–Trinajstić information content (AvgIpc) is 3.09. The number of benzene rings is 1. The van der Waals surface area contributed by atoms with E-state index in [0.717, 1.165) is 30.9 Å². The van der Waals surface area contributed by atoms with Crippen molar-refractivity contribution in [1.29, 1.82) is 0 Å². The minimum atomic E-state index is -0.508. The van der Waals surface area contributed by atoms with Crippen LogP contribution in [-0.4, -0.2) is 36.0 Å². The van der Waals surface area contributed by atoms with Gasteiger partial charge in [-0.05, 0) is 50.2 Å². The Bertz CT molecular complexity index is 710. The van der Waals surface area contributed by atoms with Crippen molar-refractivity contribution >= 4 is 5.91 Å². The summed E-state index contributed by atoms with van der Waals surface area (Å²) in [7, 11) is 1.67. The Labute approximate surface area is 141 Å². The number of nitrogens with two attached hydrogens (primary N) is 1. The van der Waals surface area contributed by atoms with E-state index in [2.05, 4.69) is 9.88 Å². The molecule has 0 unspecified atom stereocenters. The summed E-state index contributed by atoms with van der Waals surface area (Å²) in [4.78, 5) is 17.6. The summed E-state index contributed by atoms with van der Waals surface area (Å²) >= 11 is 0. The van der Waals surface area contributed by atoms with Crippen LogP contribution in [-0.2, 0) is 6.54 Å².